The van der Waals surface area contributed by atoms with Gasteiger partial charge >= 0.3 is 0 Å². The maximum Gasteiger partial charge on any atom is 0.254 e. The number of halogens is 3. The van der Waals surface area contributed by atoms with Gasteiger partial charge in [0.2, 0.25) is 5.91 Å². The van der Waals surface area contributed by atoms with Crippen molar-refractivity contribution in [1.82, 2.24) is 9.80 Å². The molecule has 2 atom stereocenters. The predicted molar refractivity (Wildman–Crippen MR) is 96.9 cm³/mol. The van der Waals surface area contributed by atoms with Crippen molar-refractivity contribution in [3.8, 4) is 0 Å². The number of carbonyl (C=O) groups is 2. The molecule has 2 saturated heterocycles. The number of benzene rings is 1. The summed E-state index contributed by atoms with van der Waals surface area (Å²) in [5.74, 6) is -0.174. The highest BCUT2D eigenvalue weighted by Crippen LogP contribution is 2.27. The van der Waals surface area contributed by atoms with Crippen molar-refractivity contribution < 1.29 is 9.59 Å². The van der Waals surface area contributed by atoms with E-state index >= 15 is 0 Å². The molecule has 0 aromatic heterocycles. The number of nitrogens with zero attached hydrogens (tertiary/aromatic N) is 2. The van der Waals surface area contributed by atoms with Gasteiger partial charge in [0.25, 0.3) is 5.91 Å². The van der Waals surface area contributed by atoms with E-state index in [0.29, 0.717) is 41.7 Å². The SMILES string of the molecule is Cl.N[C@@H]1CCN(C(=O)C2CCCN2C(=O)c2ccc(Cl)c(Cl)c2)C1. The van der Waals surface area contributed by atoms with Crippen LogP contribution in [0.5, 0.6) is 0 Å². The molecule has 0 saturated carbocycles. The normalized spacial score (nSPS) is 23.3. The topological polar surface area (TPSA) is 66.6 Å². The van der Waals surface area contributed by atoms with Gasteiger partial charge in [-0.05, 0) is 37.5 Å². The minimum atomic E-state index is -0.401. The van der Waals surface area contributed by atoms with Crippen molar-refractivity contribution in [2.24, 2.45) is 5.73 Å². The molecule has 1 aromatic rings. The zero-order valence-corrected chi connectivity index (χ0v) is 15.4. The van der Waals surface area contributed by atoms with Gasteiger partial charge in [0, 0.05) is 31.2 Å². The second-order valence-electron chi connectivity index (χ2n) is 6.12. The van der Waals surface area contributed by atoms with Crippen LogP contribution in [0.15, 0.2) is 18.2 Å². The maximum absolute atomic E-state index is 12.7. The summed E-state index contributed by atoms with van der Waals surface area (Å²) in [6.07, 6.45) is 2.33. The lowest BCUT2D eigenvalue weighted by Gasteiger charge is -2.28. The monoisotopic (exact) mass is 391 g/mol. The lowest BCUT2D eigenvalue weighted by atomic mass is 10.1. The molecule has 2 aliphatic rings. The van der Waals surface area contributed by atoms with Gasteiger partial charge in [0.1, 0.15) is 6.04 Å². The molecule has 2 amide bonds. The van der Waals surface area contributed by atoms with Crippen LogP contribution in [0.1, 0.15) is 29.6 Å². The summed E-state index contributed by atoms with van der Waals surface area (Å²) in [5, 5.41) is 0.744. The molecule has 1 aromatic carbocycles. The first-order valence-corrected chi connectivity index (χ1v) is 8.53. The van der Waals surface area contributed by atoms with Crippen LogP contribution in [0.4, 0.5) is 0 Å². The first kappa shape index (κ1) is 19.3. The van der Waals surface area contributed by atoms with Crippen LogP contribution in [0.3, 0.4) is 0 Å². The van der Waals surface area contributed by atoms with E-state index in [4.69, 9.17) is 28.9 Å². The van der Waals surface area contributed by atoms with E-state index in [-0.39, 0.29) is 30.3 Å². The molecule has 2 heterocycles. The number of hydrogen-bond acceptors (Lipinski definition) is 3. The number of amides is 2. The van der Waals surface area contributed by atoms with Crippen LogP contribution in [-0.2, 0) is 4.79 Å². The molecule has 2 N–H and O–H groups in total. The first-order chi connectivity index (χ1) is 11.0. The fourth-order valence-corrected chi connectivity index (χ4v) is 3.56. The van der Waals surface area contributed by atoms with E-state index in [0.717, 1.165) is 12.8 Å². The summed E-state index contributed by atoms with van der Waals surface area (Å²) < 4.78 is 0. The number of rotatable bonds is 2. The van der Waals surface area contributed by atoms with Crippen molar-refractivity contribution in [1.29, 1.82) is 0 Å². The van der Waals surface area contributed by atoms with Crippen LogP contribution < -0.4 is 5.73 Å². The number of carbonyl (C=O) groups excluding carboxylic acids is 2. The van der Waals surface area contributed by atoms with Crippen LogP contribution in [0, 0.1) is 0 Å². The molecular weight excluding hydrogens is 373 g/mol. The van der Waals surface area contributed by atoms with Crippen molar-refractivity contribution in [2.45, 2.75) is 31.3 Å². The molecule has 2 fully saturated rings. The Morgan fingerprint density at radius 2 is 1.88 bits per heavy atom. The third kappa shape index (κ3) is 3.80. The van der Waals surface area contributed by atoms with E-state index in [1.165, 1.54) is 0 Å². The van der Waals surface area contributed by atoms with Gasteiger partial charge in [-0.2, -0.15) is 0 Å². The highest BCUT2D eigenvalue weighted by molar-refractivity contribution is 6.42. The standard InChI is InChI=1S/C16H19Cl2N3O2.ClH/c17-12-4-3-10(8-13(12)18)15(22)21-6-1-2-14(21)16(23)20-7-5-11(19)9-20;/h3-4,8,11,14H,1-2,5-7,9,19H2;1H/t11-,14?;/m1./s1. The Morgan fingerprint density at radius 1 is 1.12 bits per heavy atom. The van der Waals surface area contributed by atoms with Crippen LogP contribution >= 0.6 is 35.6 Å². The van der Waals surface area contributed by atoms with Crippen LogP contribution in [0.25, 0.3) is 0 Å². The van der Waals surface area contributed by atoms with E-state index in [1.807, 2.05) is 0 Å². The summed E-state index contributed by atoms with van der Waals surface area (Å²) in [6, 6.07) is 4.44. The molecule has 0 spiro atoms. The molecule has 132 valence electrons. The molecule has 0 bridgehead atoms. The van der Waals surface area contributed by atoms with Gasteiger partial charge in [-0.3, -0.25) is 9.59 Å². The summed E-state index contributed by atoms with van der Waals surface area (Å²) in [6.45, 7) is 1.82. The van der Waals surface area contributed by atoms with Gasteiger partial charge < -0.3 is 15.5 Å². The zero-order valence-electron chi connectivity index (χ0n) is 13.1. The summed E-state index contributed by atoms with van der Waals surface area (Å²) in [7, 11) is 0. The molecule has 0 aliphatic carbocycles. The Kier molecular flexibility index (Phi) is 6.37. The molecule has 8 heteroatoms. The molecule has 1 unspecified atom stereocenters. The van der Waals surface area contributed by atoms with E-state index in [2.05, 4.69) is 0 Å². The lowest BCUT2D eigenvalue weighted by Crippen LogP contribution is -2.47. The van der Waals surface area contributed by atoms with Crippen molar-refractivity contribution in [3.63, 3.8) is 0 Å². The van der Waals surface area contributed by atoms with Gasteiger partial charge in [0.15, 0.2) is 0 Å². The number of hydrogen-bond donors (Lipinski definition) is 1. The molecule has 3 rings (SSSR count). The van der Waals surface area contributed by atoms with Crippen molar-refractivity contribution >= 4 is 47.4 Å². The highest BCUT2D eigenvalue weighted by atomic mass is 35.5. The van der Waals surface area contributed by atoms with Crippen molar-refractivity contribution in [2.75, 3.05) is 19.6 Å². The minimum absolute atomic E-state index is 0. The second kappa shape index (κ2) is 7.91. The Bertz CT molecular complexity index is 641. The predicted octanol–water partition coefficient (Wildman–Crippen LogP) is 2.58. The lowest BCUT2D eigenvalue weighted by molar-refractivity contribution is -0.134. The number of nitrogens with two attached hydrogens (primary N) is 1. The smallest absolute Gasteiger partial charge is 0.254 e. The highest BCUT2D eigenvalue weighted by Gasteiger charge is 2.38. The quantitative estimate of drug-likeness (QED) is 0.841. The van der Waals surface area contributed by atoms with Crippen LogP contribution in [0.2, 0.25) is 10.0 Å². The Balaban J connectivity index is 0.00000208. The Hall–Kier alpha value is -1.01. The fourth-order valence-electron chi connectivity index (χ4n) is 3.26. The molecule has 24 heavy (non-hydrogen) atoms. The second-order valence-corrected chi connectivity index (χ2v) is 6.93. The summed E-state index contributed by atoms with van der Waals surface area (Å²) in [5.41, 5.74) is 6.33. The largest absolute Gasteiger partial charge is 0.339 e. The van der Waals surface area contributed by atoms with Gasteiger partial charge in [-0.25, -0.2) is 0 Å². The average molecular weight is 393 g/mol. The fraction of sp³-hybridized carbons (Fsp3) is 0.500. The summed E-state index contributed by atoms with van der Waals surface area (Å²) in [4.78, 5) is 28.8. The Labute approximate surface area is 157 Å². The first-order valence-electron chi connectivity index (χ1n) is 7.78. The van der Waals surface area contributed by atoms with Crippen LogP contribution in [-0.4, -0.2) is 53.3 Å². The van der Waals surface area contributed by atoms with E-state index in [9.17, 15) is 9.59 Å². The van der Waals surface area contributed by atoms with Crippen molar-refractivity contribution in [3.05, 3.63) is 33.8 Å². The Morgan fingerprint density at radius 3 is 2.50 bits per heavy atom. The van der Waals surface area contributed by atoms with E-state index < -0.39 is 6.04 Å². The van der Waals surface area contributed by atoms with Gasteiger partial charge in [0.05, 0.1) is 10.0 Å². The molecule has 0 radical (unpaired) electrons. The maximum atomic E-state index is 12.7. The third-order valence-corrected chi connectivity index (χ3v) is 5.24. The van der Waals surface area contributed by atoms with Gasteiger partial charge in [-0.15, -0.1) is 12.4 Å². The molecule has 2 aliphatic heterocycles. The zero-order chi connectivity index (χ0) is 16.6. The third-order valence-electron chi connectivity index (χ3n) is 4.50. The number of likely N-dealkylation sites (tertiary alicyclic amines) is 2. The minimum Gasteiger partial charge on any atom is -0.339 e. The van der Waals surface area contributed by atoms with E-state index in [1.54, 1.807) is 28.0 Å². The molecule has 5 nitrogen and oxygen atoms in total. The molecular formula is C16H20Cl3N3O2. The van der Waals surface area contributed by atoms with Gasteiger partial charge in [-0.1, -0.05) is 23.2 Å². The average Bonchev–Trinajstić information content (AvgIpc) is 3.17. The summed E-state index contributed by atoms with van der Waals surface area (Å²) >= 11 is 11.9.